The molecule has 2 saturated heterocycles. The van der Waals surface area contributed by atoms with Crippen LogP contribution >= 0.6 is 0 Å². The van der Waals surface area contributed by atoms with Crippen LogP contribution in [0.25, 0.3) is 0 Å². The molecule has 1 unspecified atom stereocenters. The highest BCUT2D eigenvalue weighted by Gasteiger charge is 2.33. The van der Waals surface area contributed by atoms with E-state index >= 15 is 0 Å². The Balaban J connectivity index is 1.53. The number of carbonyl (C=O) groups excluding carboxylic acids is 3. The summed E-state index contributed by atoms with van der Waals surface area (Å²) >= 11 is 0. The summed E-state index contributed by atoms with van der Waals surface area (Å²) < 4.78 is 37.7. The van der Waals surface area contributed by atoms with Crippen LogP contribution in [0.4, 0.5) is 19.0 Å². The third kappa shape index (κ3) is 3.94. The first-order valence-corrected chi connectivity index (χ1v) is 8.15. The van der Waals surface area contributed by atoms with E-state index in [0.29, 0.717) is 25.3 Å². The summed E-state index contributed by atoms with van der Waals surface area (Å²) in [5, 5.41) is 2.75. The van der Waals surface area contributed by atoms with E-state index in [9.17, 15) is 27.6 Å². The van der Waals surface area contributed by atoms with E-state index in [1.807, 2.05) is 0 Å². The number of nitrogens with one attached hydrogen (secondary N) is 1. The fourth-order valence-electron chi connectivity index (χ4n) is 3.04. The van der Waals surface area contributed by atoms with Crippen molar-refractivity contribution in [3.63, 3.8) is 0 Å². The first kappa shape index (κ1) is 18.2. The summed E-state index contributed by atoms with van der Waals surface area (Å²) in [6.45, 7) is 0.629. The van der Waals surface area contributed by atoms with E-state index in [4.69, 9.17) is 0 Å². The molecule has 1 aromatic heterocycles. The quantitative estimate of drug-likeness (QED) is 0.798. The highest BCUT2D eigenvalue weighted by atomic mass is 19.4. The maximum atomic E-state index is 12.6. The van der Waals surface area contributed by atoms with Gasteiger partial charge < -0.3 is 10.2 Å². The molecule has 0 radical (unpaired) electrons. The number of rotatable bonds is 4. The van der Waals surface area contributed by atoms with E-state index in [0.717, 1.165) is 17.2 Å². The normalized spacial score (nSPS) is 20.8. The first-order valence-electron chi connectivity index (χ1n) is 8.15. The lowest BCUT2D eigenvalue weighted by molar-refractivity contribution is -0.142. The number of alkyl halides is 3. The lowest BCUT2D eigenvalue weighted by atomic mass is 10.2. The molecule has 2 aliphatic heterocycles. The molecule has 26 heavy (non-hydrogen) atoms. The van der Waals surface area contributed by atoms with Crippen LogP contribution in [-0.4, -0.2) is 53.3 Å². The Bertz CT molecular complexity index is 704. The number of imide groups is 1. The van der Waals surface area contributed by atoms with Gasteiger partial charge in [0.25, 0.3) is 0 Å². The summed E-state index contributed by atoms with van der Waals surface area (Å²) in [7, 11) is 0. The molecule has 2 fully saturated rings. The van der Waals surface area contributed by atoms with E-state index in [2.05, 4.69) is 10.3 Å². The molecule has 1 aromatic rings. The minimum Gasteiger partial charge on any atom is -0.354 e. The number of likely N-dealkylation sites (tertiary alicyclic amines) is 1. The van der Waals surface area contributed by atoms with Gasteiger partial charge in [0, 0.05) is 38.2 Å². The van der Waals surface area contributed by atoms with Crippen molar-refractivity contribution in [1.29, 1.82) is 0 Å². The van der Waals surface area contributed by atoms with Gasteiger partial charge in [-0.3, -0.25) is 19.3 Å². The third-order valence-corrected chi connectivity index (χ3v) is 4.41. The molecule has 7 nitrogen and oxygen atoms in total. The van der Waals surface area contributed by atoms with Gasteiger partial charge in [-0.25, -0.2) is 4.98 Å². The molecule has 0 aromatic carbocycles. The fourth-order valence-corrected chi connectivity index (χ4v) is 3.04. The lowest BCUT2D eigenvalue weighted by Crippen LogP contribution is -2.44. The van der Waals surface area contributed by atoms with Crippen LogP contribution in [0, 0.1) is 0 Å². The molecule has 0 bridgehead atoms. The highest BCUT2D eigenvalue weighted by Crippen LogP contribution is 2.29. The maximum absolute atomic E-state index is 12.6. The monoisotopic (exact) mass is 370 g/mol. The van der Waals surface area contributed by atoms with Gasteiger partial charge in [0.15, 0.2) is 0 Å². The van der Waals surface area contributed by atoms with Crippen LogP contribution in [0.5, 0.6) is 0 Å². The van der Waals surface area contributed by atoms with Crippen molar-refractivity contribution < 1.29 is 27.6 Å². The van der Waals surface area contributed by atoms with Gasteiger partial charge in [-0.05, 0) is 18.6 Å². The standard InChI is InChI=1S/C16H17F3N4O3/c17-16(18,19)10-1-2-12(20-7-10)22-6-5-11(8-22)21-13(24)9-23-14(25)3-4-15(23)26/h1-2,7,11H,3-6,8-9H2,(H,21,24). The minimum absolute atomic E-state index is 0.128. The van der Waals surface area contributed by atoms with E-state index in [-0.39, 0.29) is 37.2 Å². The molecule has 140 valence electrons. The Hall–Kier alpha value is -2.65. The Kier molecular flexibility index (Phi) is 4.84. The third-order valence-electron chi connectivity index (χ3n) is 4.41. The van der Waals surface area contributed by atoms with Crippen molar-refractivity contribution in [3.05, 3.63) is 23.9 Å². The topological polar surface area (TPSA) is 82.6 Å². The zero-order chi connectivity index (χ0) is 18.9. The molecule has 0 aliphatic carbocycles. The summed E-state index contributed by atoms with van der Waals surface area (Å²) in [6.07, 6.45) is -2.80. The van der Waals surface area contributed by atoms with Crippen molar-refractivity contribution in [1.82, 2.24) is 15.2 Å². The number of halogens is 3. The van der Waals surface area contributed by atoms with Gasteiger partial charge >= 0.3 is 6.18 Å². The van der Waals surface area contributed by atoms with E-state index < -0.39 is 17.6 Å². The second-order valence-corrected chi connectivity index (χ2v) is 6.28. The average molecular weight is 370 g/mol. The van der Waals surface area contributed by atoms with Crippen LogP contribution in [0.1, 0.15) is 24.8 Å². The molecule has 2 aliphatic rings. The molecular weight excluding hydrogens is 353 g/mol. The summed E-state index contributed by atoms with van der Waals surface area (Å²) in [4.78, 5) is 41.6. The zero-order valence-electron chi connectivity index (χ0n) is 13.8. The molecule has 3 amide bonds. The SMILES string of the molecule is O=C(CN1C(=O)CCC1=O)NC1CCN(c2ccc(C(F)(F)F)cn2)C1. The number of amides is 3. The first-order chi connectivity index (χ1) is 12.2. The number of hydrogen-bond acceptors (Lipinski definition) is 5. The smallest absolute Gasteiger partial charge is 0.354 e. The van der Waals surface area contributed by atoms with Crippen LogP contribution < -0.4 is 10.2 Å². The van der Waals surface area contributed by atoms with Crippen molar-refractivity contribution in [2.45, 2.75) is 31.5 Å². The predicted molar refractivity (Wildman–Crippen MR) is 84.0 cm³/mol. The number of pyridine rings is 1. The van der Waals surface area contributed by atoms with Crippen LogP contribution in [0.3, 0.4) is 0 Å². The van der Waals surface area contributed by atoms with Gasteiger partial charge in [-0.2, -0.15) is 13.2 Å². The molecule has 3 rings (SSSR count). The molecule has 0 spiro atoms. The van der Waals surface area contributed by atoms with Gasteiger partial charge in [-0.15, -0.1) is 0 Å². The van der Waals surface area contributed by atoms with E-state index in [1.165, 1.54) is 6.07 Å². The molecule has 3 heterocycles. The van der Waals surface area contributed by atoms with Gasteiger partial charge in [0.1, 0.15) is 12.4 Å². The summed E-state index contributed by atoms with van der Waals surface area (Å²) in [6, 6.07) is 2.05. The highest BCUT2D eigenvalue weighted by molar-refractivity contribution is 6.04. The predicted octanol–water partition coefficient (Wildman–Crippen LogP) is 0.944. The van der Waals surface area contributed by atoms with Crippen molar-refractivity contribution in [2.75, 3.05) is 24.5 Å². The van der Waals surface area contributed by atoms with Crippen LogP contribution in [0.2, 0.25) is 0 Å². The fraction of sp³-hybridized carbons (Fsp3) is 0.500. The number of nitrogens with zero attached hydrogens (tertiary/aromatic N) is 3. The Morgan fingerprint density at radius 1 is 1.23 bits per heavy atom. The maximum Gasteiger partial charge on any atom is 0.417 e. The van der Waals surface area contributed by atoms with Gasteiger partial charge in [0.2, 0.25) is 17.7 Å². The Morgan fingerprint density at radius 2 is 1.92 bits per heavy atom. The largest absolute Gasteiger partial charge is 0.417 e. The van der Waals surface area contributed by atoms with E-state index in [1.54, 1.807) is 4.90 Å². The second kappa shape index (κ2) is 6.93. The van der Waals surface area contributed by atoms with Crippen LogP contribution in [-0.2, 0) is 20.6 Å². The average Bonchev–Trinajstić information content (AvgIpc) is 3.16. The minimum atomic E-state index is -4.43. The second-order valence-electron chi connectivity index (χ2n) is 6.28. The molecule has 1 atom stereocenters. The van der Waals surface area contributed by atoms with Gasteiger partial charge in [-0.1, -0.05) is 0 Å². The Labute approximate surface area is 147 Å². The number of anilines is 1. The molecular formula is C16H17F3N4O3. The zero-order valence-corrected chi connectivity index (χ0v) is 13.8. The van der Waals surface area contributed by atoms with Crippen molar-refractivity contribution in [2.24, 2.45) is 0 Å². The molecule has 1 N–H and O–H groups in total. The lowest BCUT2D eigenvalue weighted by Gasteiger charge is -2.19. The van der Waals surface area contributed by atoms with Crippen LogP contribution in [0.15, 0.2) is 18.3 Å². The number of carbonyl (C=O) groups is 3. The number of hydrogen-bond donors (Lipinski definition) is 1. The van der Waals surface area contributed by atoms with Crippen molar-refractivity contribution >= 4 is 23.5 Å². The Morgan fingerprint density at radius 3 is 2.50 bits per heavy atom. The van der Waals surface area contributed by atoms with Gasteiger partial charge in [0.05, 0.1) is 5.56 Å². The number of aromatic nitrogens is 1. The summed E-state index contributed by atoms with van der Waals surface area (Å²) in [5.74, 6) is -0.736. The molecule has 10 heteroatoms. The summed E-state index contributed by atoms with van der Waals surface area (Å²) in [5.41, 5.74) is -0.815. The molecule has 0 saturated carbocycles. The van der Waals surface area contributed by atoms with Crippen molar-refractivity contribution in [3.8, 4) is 0 Å².